The van der Waals surface area contributed by atoms with Crippen LogP contribution < -0.4 is 4.90 Å². The predicted molar refractivity (Wildman–Crippen MR) is 84.0 cm³/mol. The van der Waals surface area contributed by atoms with Gasteiger partial charge in [0.05, 0.1) is 12.9 Å². The largest absolute Gasteiger partial charge is 0.370 e. The fraction of sp³-hybridized carbons (Fsp3) is 0.267. The summed E-state index contributed by atoms with van der Waals surface area (Å²) in [5.41, 5.74) is 2.52. The summed E-state index contributed by atoms with van der Waals surface area (Å²) in [6, 6.07) is 7.78. The van der Waals surface area contributed by atoms with Crippen molar-refractivity contribution in [3.63, 3.8) is 0 Å². The van der Waals surface area contributed by atoms with Crippen LogP contribution in [0.15, 0.2) is 36.9 Å². The van der Waals surface area contributed by atoms with Crippen molar-refractivity contribution in [2.24, 2.45) is 0 Å². The zero-order valence-corrected chi connectivity index (χ0v) is 12.5. The van der Waals surface area contributed by atoms with Gasteiger partial charge in [0.15, 0.2) is 11.5 Å². The molecule has 7 heteroatoms. The van der Waals surface area contributed by atoms with Crippen molar-refractivity contribution in [2.45, 2.75) is 6.10 Å². The average molecular weight is 316 g/mol. The van der Waals surface area contributed by atoms with Gasteiger partial charge in [0.25, 0.3) is 0 Å². The molecule has 3 aromatic rings. The topological polar surface area (TPSA) is 66.9 Å². The molecule has 0 radical (unpaired) electrons. The maximum atomic E-state index is 6.29. The molecule has 1 aromatic carbocycles. The predicted octanol–water partition coefficient (Wildman–Crippen LogP) is 2.58. The number of hydrogen-bond acceptors (Lipinski definition) is 5. The van der Waals surface area contributed by atoms with Gasteiger partial charge in [-0.1, -0.05) is 29.8 Å². The van der Waals surface area contributed by atoms with Crippen molar-refractivity contribution in [3.05, 3.63) is 47.5 Å². The van der Waals surface area contributed by atoms with E-state index in [0.29, 0.717) is 18.8 Å². The normalized spacial score (nSPS) is 18.8. The summed E-state index contributed by atoms with van der Waals surface area (Å²) in [4.78, 5) is 18.0. The Labute approximate surface area is 132 Å². The number of anilines is 1. The van der Waals surface area contributed by atoms with Crippen LogP contribution in [0.3, 0.4) is 0 Å². The van der Waals surface area contributed by atoms with E-state index in [-0.39, 0.29) is 6.10 Å². The van der Waals surface area contributed by atoms with E-state index >= 15 is 0 Å². The third-order valence-electron chi connectivity index (χ3n) is 3.82. The quantitative estimate of drug-likeness (QED) is 0.787. The van der Waals surface area contributed by atoms with E-state index in [2.05, 4.69) is 24.8 Å². The highest BCUT2D eigenvalue weighted by Gasteiger charge is 2.26. The lowest BCUT2D eigenvalue weighted by Gasteiger charge is -2.34. The van der Waals surface area contributed by atoms with Crippen molar-refractivity contribution >= 4 is 28.6 Å². The molecule has 1 aliphatic heterocycles. The second kappa shape index (κ2) is 5.55. The fourth-order valence-corrected chi connectivity index (χ4v) is 3.02. The van der Waals surface area contributed by atoms with Crippen LogP contribution in [0.25, 0.3) is 11.2 Å². The Hall–Kier alpha value is -2.18. The summed E-state index contributed by atoms with van der Waals surface area (Å²) < 4.78 is 5.89. The van der Waals surface area contributed by atoms with Gasteiger partial charge in [-0.25, -0.2) is 15.0 Å². The van der Waals surface area contributed by atoms with E-state index in [4.69, 9.17) is 16.3 Å². The van der Waals surface area contributed by atoms with Crippen LogP contribution in [-0.4, -0.2) is 39.6 Å². The third-order valence-corrected chi connectivity index (χ3v) is 4.17. The number of hydrogen-bond donors (Lipinski definition) is 1. The summed E-state index contributed by atoms with van der Waals surface area (Å²) in [6.07, 6.45) is 3.10. The molecule has 0 unspecified atom stereocenters. The second-order valence-electron chi connectivity index (χ2n) is 5.13. The monoisotopic (exact) mass is 315 g/mol. The Morgan fingerprint density at radius 3 is 3.05 bits per heavy atom. The number of halogens is 1. The number of aromatic amines is 1. The van der Waals surface area contributed by atoms with Gasteiger partial charge in [-0.2, -0.15) is 0 Å². The van der Waals surface area contributed by atoms with Crippen LogP contribution in [0, 0.1) is 0 Å². The number of nitrogens with zero attached hydrogens (tertiary/aromatic N) is 4. The first-order valence-corrected chi connectivity index (χ1v) is 7.46. The zero-order chi connectivity index (χ0) is 14.9. The fourth-order valence-electron chi connectivity index (χ4n) is 2.76. The molecule has 1 atom stereocenters. The van der Waals surface area contributed by atoms with Gasteiger partial charge >= 0.3 is 0 Å². The average Bonchev–Trinajstić information content (AvgIpc) is 3.04. The Bertz CT molecular complexity index is 805. The number of ether oxygens (including phenoxy) is 1. The molecule has 22 heavy (non-hydrogen) atoms. The first kappa shape index (κ1) is 13.5. The van der Waals surface area contributed by atoms with Gasteiger partial charge in [0, 0.05) is 23.7 Å². The molecule has 1 fully saturated rings. The Morgan fingerprint density at radius 1 is 1.23 bits per heavy atom. The molecular formula is C15H14ClN5O. The standard InChI is InChI=1S/C15H14ClN5O/c16-11-4-2-1-3-10(11)12-7-21(5-6-22-12)15-13-14(18-8-17-13)19-9-20-15/h1-4,8-9,12H,5-7H2,(H,17,18,19,20)/t12-/m0/s1. The third kappa shape index (κ3) is 2.30. The van der Waals surface area contributed by atoms with Crippen LogP contribution in [0.1, 0.15) is 11.7 Å². The molecule has 0 saturated carbocycles. The number of morpholine rings is 1. The Morgan fingerprint density at radius 2 is 2.14 bits per heavy atom. The van der Waals surface area contributed by atoms with Gasteiger partial charge in [-0.05, 0) is 6.07 Å². The first-order valence-electron chi connectivity index (χ1n) is 7.08. The second-order valence-corrected chi connectivity index (χ2v) is 5.53. The number of aromatic nitrogens is 4. The molecule has 2 aromatic heterocycles. The lowest BCUT2D eigenvalue weighted by Crippen LogP contribution is -2.39. The molecule has 1 saturated heterocycles. The highest BCUT2D eigenvalue weighted by molar-refractivity contribution is 6.31. The molecule has 1 aliphatic rings. The van der Waals surface area contributed by atoms with Gasteiger partial charge < -0.3 is 14.6 Å². The van der Waals surface area contributed by atoms with Crippen molar-refractivity contribution in [1.82, 2.24) is 19.9 Å². The van der Waals surface area contributed by atoms with E-state index in [0.717, 1.165) is 28.5 Å². The summed E-state index contributed by atoms with van der Waals surface area (Å²) in [7, 11) is 0. The summed E-state index contributed by atoms with van der Waals surface area (Å²) in [6.45, 7) is 2.08. The first-order chi connectivity index (χ1) is 10.8. The van der Waals surface area contributed by atoms with Crippen molar-refractivity contribution < 1.29 is 4.74 Å². The van der Waals surface area contributed by atoms with Crippen molar-refractivity contribution in [1.29, 1.82) is 0 Å². The maximum Gasteiger partial charge on any atom is 0.182 e. The van der Waals surface area contributed by atoms with Gasteiger partial charge in [0.2, 0.25) is 0 Å². The van der Waals surface area contributed by atoms with E-state index in [9.17, 15) is 0 Å². The molecule has 6 nitrogen and oxygen atoms in total. The van der Waals surface area contributed by atoms with Crippen molar-refractivity contribution in [3.8, 4) is 0 Å². The SMILES string of the molecule is Clc1ccccc1[C@@H]1CN(c2ncnc3nc[nH]c23)CCO1. The minimum Gasteiger partial charge on any atom is -0.370 e. The van der Waals surface area contributed by atoms with Gasteiger partial charge in [-0.3, -0.25) is 0 Å². The number of rotatable bonds is 2. The smallest absolute Gasteiger partial charge is 0.182 e. The molecule has 0 bridgehead atoms. The maximum absolute atomic E-state index is 6.29. The summed E-state index contributed by atoms with van der Waals surface area (Å²) >= 11 is 6.29. The lowest BCUT2D eigenvalue weighted by molar-refractivity contribution is 0.0397. The van der Waals surface area contributed by atoms with E-state index < -0.39 is 0 Å². The van der Waals surface area contributed by atoms with Crippen LogP contribution in [-0.2, 0) is 4.74 Å². The van der Waals surface area contributed by atoms with Crippen LogP contribution in [0.2, 0.25) is 5.02 Å². The van der Waals surface area contributed by atoms with Crippen molar-refractivity contribution in [2.75, 3.05) is 24.6 Å². The lowest BCUT2D eigenvalue weighted by atomic mass is 10.1. The highest BCUT2D eigenvalue weighted by atomic mass is 35.5. The summed E-state index contributed by atoms with van der Waals surface area (Å²) in [5.74, 6) is 0.850. The minimum absolute atomic E-state index is 0.0737. The zero-order valence-electron chi connectivity index (χ0n) is 11.7. The molecule has 0 spiro atoms. The molecule has 0 amide bonds. The number of nitrogens with one attached hydrogen (secondary N) is 1. The van der Waals surface area contributed by atoms with Crippen LogP contribution in [0.4, 0.5) is 5.82 Å². The van der Waals surface area contributed by atoms with E-state index in [1.165, 1.54) is 0 Å². The summed E-state index contributed by atoms with van der Waals surface area (Å²) in [5, 5.41) is 0.726. The number of imidazole rings is 1. The molecule has 112 valence electrons. The molecule has 1 N–H and O–H groups in total. The molecule has 4 rings (SSSR count). The van der Waals surface area contributed by atoms with Gasteiger partial charge in [0.1, 0.15) is 17.9 Å². The minimum atomic E-state index is -0.0737. The highest BCUT2D eigenvalue weighted by Crippen LogP contribution is 2.31. The number of fused-ring (bicyclic) bond motifs is 1. The van der Waals surface area contributed by atoms with Gasteiger partial charge in [-0.15, -0.1) is 0 Å². The Balaban J connectivity index is 1.67. The number of H-pyrrole nitrogens is 1. The van der Waals surface area contributed by atoms with Crippen LogP contribution >= 0.6 is 11.6 Å². The number of benzene rings is 1. The molecular weight excluding hydrogens is 302 g/mol. The molecule has 3 heterocycles. The van der Waals surface area contributed by atoms with E-state index in [1.54, 1.807) is 12.7 Å². The van der Waals surface area contributed by atoms with E-state index in [1.807, 2.05) is 24.3 Å². The van der Waals surface area contributed by atoms with Crippen LogP contribution in [0.5, 0.6) is 0 Å². The Kier molecular flexibility index (Phi) is 3.40. The molecule has 0 aliphatic carbocycles.